The van der Waals surface area contributed by atoms with Crippen molar-refractivity contribution in [3.63, 3.8) is 0 Å². The topological polar surface area (TPSA) is 39.9 Å². The first-order valence-corrected chi connectivity index (χ1v) is 6.09. The molecule has 0 spiro atoms. The minimum atomic E-state index is 0.917. The molecule has 96 valence electrons. The lowest BCUT2D eigenvalue weighted by atomic mass is 10.00. The van der Waals surface area contributed by atoms with Crippen LogP contribution >= 0.6 is 0 Å². The van der Waals surface area contributed by atoms with Crippen LogP contribution in [-0.2, 0) is 19.9 Å². The monoisotopic (exact) mass is 245 g/mol. The van der Waals surface area contributed by atoms with Crippen LogP contribution in [0.1, 0.15) is 22.4 Å². The molecule has 0 aliphatic carbocycles. The van der Waals surface area contributed by atoms with Crippen molar-refractivity contribution in [2.75, 3.05) is 7.11 Å². The molecule has 0 fully saturated rings. The number of hydrogen-bond donors (Lipinski definition) is 0. The van der Waals surface area contributed by atoms with Crippen molar-refractivity contribution in [3.05, 3.63) is 40.7 Å². The molecule has 18 heavy (non-hydrogen) atoms. The van der Waals surface area contributed by atoms with E-state index in [1.807, 2.05) is 13.2 Å². The number of methoxy groups -OCH3 is 1. The predicted octanol–water partition coefficient (Wildman–Crippen LogP) is 2.23. The normalized spacial score (nSPS) is 10.7. The highest BCUT2D eigenvalue weighted by atomic mass is 16.5. The zero-order chi connectivity index (χ0) is 13.1. The van der Waals surface area contributed by atoms with Gasteiger partial charge in [-0.1, -0.05) is 11.3 Å². The lowest BCUT2D eigenvalue weighted by Crippen LogP contribution is -1.97. The van der Waals surface area contributed by atoms with E-state index in [-0.39, 0.29) is 0 Å². The van der Waals surface area contributed by atoms with E-state index in [9.17, 15) is 0 Å². The lowest BCUT2D eigenvalue weighted by Gasteiger charge is -2.10. The first-order valence-electron chi connectivity index (χ1n) is 6.09. The van der Waals surface area contributed by atoms with Crippen molar-refractivity contribution in [1.29, 1.82) is 0 Å². The molecule has 0 saturated heterocycles. The van der Waals surface area contributed by atoms with Gasteiger partial charge < -0.3 is 4.74 Å². The van der Waals surface area contributed by atoms with Crippen LogP contribution in [0, 0.1) is 13.8 Å². The molecule has 2 rings (SSSR count). The summed E-state index contributed by atoms with van der Waals surface area (Å²) in [5, 5.41) is 8.05. The first kappa shape index (κ1) is 12.6. The molecule has 0 atom stereocenters. The molecule has 1 aromatic heterocycles. The standard InChI is InChI=1S/C14H19N3O/c1-10-8-14(18-4)11(2)7-12(10)5-6-13-9-17(3)16-15-13/h7-9H,5-6H2,1-4H3. The Morgan fingerprint density at radius 1 is 1.17 bits per heavy atom. The van der Waals surface area contributed by atoms with Crippen LogP contribution in [-0.4, -0.2) is 22.1 Å². The molecule has 4 heteroatoms. The number of ether oxygens (including phenoxy) is 1. The van der Waals surface area contributed by atoms with Gasteiger partial charge in [-0.25, -0.2) is 0 Å². The zero-order valence-corrected chi connectivity index (χ0v) is 11.4. The Bertz CT molecular complexity index is 546. The smallest absolute Gasteiger partial charge is 0.122 e. The fourth-order valence-electron chi connectivity index (χ4n) is 2.11. The SMILES string of the molecule is COc1cc(C)c(CCc2cn(C)nn2)cc1C. The van der Waals surface area contributed by atoms with E-state index in [0.29, 0.717) is 0 Å². The highest BCUT2D eigenvalue weighted by Crippen LogP contribution is 2.23. The van der Waals surface area contributed by atoms with E-state index in [0.717, 1.165) is 24.3 Å². The summed E-state index contributed by atoms with van der Waals surface area (Å²) in [4.78, 5) is 0. The van der Waals surface area contributed by atoms with Crippen molar-refractivity contribution in [2.45, 2.75) is 26.7 Å². The molecular formula is C14H19N3O. The Labute approximate surface area is 108 Å². The summed E-state index contributed by atoms with van der Waals surface area (Å²) in [6.07, 6.45) is 3.86. The number of nitrogens with zero attached hydrogens (tertiary/aromatic N) is 3. The molecule has 0 radical (unpaired) electrons. The highest BCUT2D eigenvalue weighted by molar-refractivity contribution is 5.41. The van der Waals surface area contributed by atoms with Crippen molar-refractivity contribution < 1.29 is 4.74 Å². The fraction of sp³-hybridized carbons (Fsp3) is 0.429. The van der Waals surface area contributed by atoms with Crippen LogP contribution in [0.2, 0.25) is 0 Å². The second-order valence-corrected chi connectivity index (χ2v) is 4.63. The minimum Gasteiger partial charge on any atom is -0.496 e. The maximum absolute atomic E-state index is 5.32. The first-order chi connectivity index (χ1) is 8.60. The van der Waals surface area contributed by atoms with Gasteiger partial charge >= 0.3 is 0 Å². The van der Waals surface area contributed by atoms with Crippen molar-refractivity contribution in [1.82, 2.24) is 15.0 Å². The van der Waals surface area contributed by atoms with Gasteiger partial charge in [0.15, 0.2) is 0 Å². The molecule has 0 saturated carbocycles. The molecule has 4 nitrogen and oxygen atoms in total. The van der Waals surface area contributed by atoms with E-state index >= 15 is 0 Å². The molecule has 0 bridgehead atoms. The molecule has 1 heterocycles. The van der Waals surface area contributed by atoms with Gasteiger partial charge in [0.25, 0.3) is 0 Å². The van der Waals surface area contributed by atoms with Crippen LogP contribution in [0.5, 0.6) is 5.75 Å². The summed E-state index contributed by atoms with van der Waals surface area (Å²) >= 11 is 0. The average Bonchev–Trinajstić information content (AvgIpc) is 2.75. The Balaban J connectivity index is 2.12. The number of benzene rings is 1. The van der Waals surface area contributed by atoms with E-state index < -0.39 is 0 Å². The number of aryl methyl sites for hydroxylation is 5. The van der Waals surface area contributed by atoms with Gasteiger partial charge in [0.05, 0.1) is 12.8 Å². The average molecular weight is 245 g/mol. The molecule has 0 N–H and O–H groups in total. The number of rotatable bonds is 4. The summed E-state index contributed by atoms with van der Waals surface area (Å²) in [6.45, 7) is 4.19. The maximum Gasteiger partial charge on any atom is 0.122 e. The maximum atomic E-state index is 5.32. The van der Waals surface area contributed by atoms with Crippen molar-refractivity contribution in [2.24, 2.45) is 7.05 Å². The van der Waals surface area contributed by atoms with Gasteiger partial charge in [-0.3, -0.25) is 4.68 Å². The zero-order valence-electron chi connectivity index (χ0n) is 11.4. The third kappa shape index (κ3) is 2.70. The van der Waals surface area contributed by atoms with Crippen LogP contribution in [0.15, 0.2) is 18.3 Å². The van der Waals surface area contributed by atoms with Crippen LogP contribution in [0.25, 0.3) is 0 Å². The third-order valence-electron chi connectivity index (χ3n) is 3.15. The van der Waals surface area contributed by atoms with Gasteiger partial charge in [0, 0.05) is 13.2 Å². The van der Waals surface area contributed by atoms with E-state index in [1.165, 1.54) is 16.7 Å². The second kappa shape index (κ2) is 5.21. The van der Waals surface area contributed by atoms with Gasteiger partial charge in [0.2, 0.25) is 0 Å². The summed E-state index contributed by atoms with van der Waals surface area (Å²) in [5.74, 6) is 0.954. The quantitative estimate of drug-likeness (QED) is 0.829. The van der Waals surface area contributed by atoms with Gasteiger partial charge in [-0.15, -0.1) is 5.10 Å². The molecule has 1 aromatic carbocycles. The van der Waals surface area contributed by atoms with Gasteiger partial charge in [-0.2, -0.15) is 0 Å². The predicted molar refractivity (Wildman–Crippen MR) is 70.9 cm³/mol. The third-order valence-corrected chi connectivity index (χ3v) is 3.15. The molecule has 0 aliphatic rings. The van der Waals surface area contributed by atoms with Crippen LogP contribution in [0.4, 0.5) is 0 Å². The molecule has 2 aromatic rings. The van der Waals surface area contributed by atoms with Gasteiger partial charge in [0.1, 0.15) is 5.75 Å². The van der Waals surface area contributed by atoms with Crippen LogP contribution < -0.4 is 4.74 Å². The van der Waals surface area contributed by atoms with Crippen molar-refractivity contribution >= 4 is 0 Å². The Morgan fingerprint density at radius 2 is 1.94 bits per heavy atom. The fourth-order valence-corrected chi connectivity index (χ4v) is 2.11. The number of aromatic nitrogens is 3. The molecule has 0 unspecified atom stereocenters. The largest absolute Gasteiger partial charge is 0.496 e. The Hall–Kier alpha value is -1.84. The van der Waals surface area contributed by atoms with Crippen molar-refractivity contribution in [3.8, 4) is 5.75 Å². The molecular weight excluding hydrogens is 226 g/mol. The summed E-state index contributed by atoms with van der Waals surface area (Å²) < 4.78 is 7.06. The molecule has 0 aliphatic heterocycles. The van der Waals surface area contributed by atoms with E-state index in [1.54, 1.807) is 11.8 Å². The number of hydrogen-bond acceptors (Lipinski definition) is 3. The summed E-state index contributed by atoms with van der Waals surface area (Å²) in [6, 6.07) is 4.30. The van der Waals surface area contributed by atoms with Crippen LogP contribution in [0.3, 0.4) is 0 Å². The lowest BCUT2D eigenvalue weighted by molar-refractivity contribution is 0.411. The van der Waals surface area contributed by atoms with E-state index in [4.69, 9.17) is 4.74 Å². The second-order valence-electron chi connectivity index (χ2n) is 4.63. The Kier molecular flexibility index (Phi) is 3.65. The summed E-state index contributed by atoms with van der Waals surface area (Å²) in [7, 11) is 3.60. The summed E-state index contributed by atoms with van der Waals surface area (Å²) in [5.41, 5.74) is 4.82. The molecule has 0 amide bonds. The highest BCUT2D eigenvalue weighted by Gasteiger charge is 2.06. The van der Waals surface area contributed by atoms with E-state index in [2.05, 4.69) is 36.3 Å². The minimum absolute atomic E-state index is 0.917. The van der Waals surface area contributed by atoms with Gasteiger partial charge in [-0.05, 0) is 49.4 Å². The Morgan fingerprint density at radius 3 is 2.56 bits per heavy atom.